The number of carboxylic acids is 2. The molecule has 0 amide bonds. The number of carbonyl (C=O) groups is 2. The number of aliphatic carboxylic acids is 2. The summed E-state index contributed by atoms with van der Waals surface area (Å²) >= 11 is 0. The largest absolute Gasteiger partial charge is 0.478 e. The minimum Gasteiger partial charge on any atom is -0.478 e. The molecule has 29 heavy (non-hydrogen) atoms. The lowest BCUT2D eigenvalue weighted by Gasteiger charge is -2.09. The van der Waals surface area contributed by atoms with Gasteiger partial charge in [0.05, 0.1) is 5.75 Å². The Bertz CT molecular complexity index is 609. The van der Waals surface area contributed by atoms with Crippen LogP contribution in [0.5, 0.6) is 0 Å². The summed E-state index contributed by atoms with van der Waals surface area (Å²) in [6.45, 7) is 2.20. The molecule has 0 heterocycles. The van der Waals surface area contributed by atoms with Crippen LogP contribution in [0.3, 0.4) is 0 Å². The smallest absolute Gasteiger partial charge is 0.332 e. The fraction of sp³-hybridized carbons (Fsp3) is 0.810. The Labute approximate surface area is 175 Å². The molecule has 170 valence electrons. The maximum Gasteiger partial charge on any atom is 0.332 e. The van der Waals surface area contributed by atoms with E-state index in [1.54, 1.807) is 0 Å². The van der Waals surface area contributed by atoms with Crippen molar-refractivity contribution in [1.82, 2.24) is 0 Å². The van der Waals surface area contributed by atoms with Crippen LogP contribution in [0.1, 0.15) is 103 Å². The highest BCUT2D eigenvalue weighted by Gasteiger charge is 2.19. The Kier molecular flexibility index (Phi) is 15.6. The summed E-state index contributed by atoms with van der Waals surface area (Å²) in [6.07, 6.45) is 12.9. The molecule has 0 saturated heterocycles. The van der Waals surface area contributed by atoms with Crippen molar-refractivity contribution in [2.45, 2.75) is 103 Å². The second-order valence-corrected chi connectivity index (χ2v) is 9.17. The van der Waals surface area contributed by atoms with Crippen LogP contribution in [0.25, 0.3) is 0 Å². The summed E-state index contributed by atoms with van der Waals surface area (Å²) in [4.78, 5) is 22.9. The molecule has 0 fully saturated rings. The van der Waals surface area contributed by atoms with E-state index in [0.717, 1.165) is 19.3 Å². The molecule has 7 nitrogen and oxygen atoms in total. The molecular formula is C21H38O7S. The highest BCUT2D eigenvalue weighted by atomic mass is 32.2. The minimum absolute atomic E-state index is 0.0233. The van der Waals surface area contributed by atoms with Crippen LogP contribution in [0.15, 0.2) is 11.1 Å². The Morgan fingerprint density at radius 3 is 1.31 bits per heavy atom. The first-order chi connectivity index (χ1) is 13.7. The highest BCUT2D eigenvalue weighted by Crippen LogP contribution is 2.20. The molecule has 0 aliphatic rings. The van der Waals surface area contributed by atoms with Gasteiger partial charge in [-0.25, -0.2) is 9.59 Å². The quantitative estimate of drug-likeness (QED) is 0.144. The molecule has 0 radical (unpaired) electrons. The average molecular weight is 435 g/mol. The average Bonchev–Trinajstić information content (AvgIpc) is 2.62. The second-order valence-electron chi connectivity index (χ2n) is 7.60. The van der Waals surface area contributed by atoms with E-state index in [1.165, 1.54) is 44.9 Å². The standard InChI is InChI=1S/C21H38O7S/c1-2-3-4-5-6-7-8-9-10-11-12-15-18(20(22)23)19(21(24)25)16-13-14-17-29(26,27)28/h2-17H2,1H3,(H,22,23)(H,24,25)(H,26,27,28). The first-order valence-electron chi connectivity index (χ1n) is 10.8. The van der Waals surface area contributed by atoms with Crippen molar-refractivity contribution < 1.29 is 32.8 Å². The lowest BCUT2D eigenvalue weighted by Crippen LogP contribution is -2.12. The summed E-state index contributed by atoms with van der Waals surface area (Å²) in [5.74, 6) is -2.97. The molecule has 3 N–H and O–H groups in total. The highest BCUT2D eigenvalue weighted by molar-refractivity contribution is 7.85. The van der Waals surface area contributed by atoms with Crippen molar-refractivity contribution in [2.24, 2.45) is 0 Å². The van der Waals surface area contributed by atoms with Crippen molar-refractivity contribution in [3.8, 4) is 0 Å². The number of unbranched alkanes of at least 4 members (excludes halogenated alkanes) is 11. The molecule has 0 aromatic carbocycles. The Morgan fingerprint density at radius 2 is 0.966 bits per heavy atom. The van der Waals surface area contributed by atoms with Gasteiger partial charge in [-0.3, -0.25) is 4.55 Å². The summed E-state index contributed by atoms with van der Waals surface area (Å²) in [5, 5.41) is 18.7. The lowest BCUT2D eigenvalue weighted by molar-refractivity contribution is -0.136. The van der Waals surface area contributed by atoms with Gasteiger partial charge in [-0.2, -0.15) is 8.42 Å². The van der Waals surface area contributed by atoms with E-state index < -0.39 is 27.8 Å². The van der Waals surface area contributed by atoms with Gasteiger partial charge < -0.3 is 10.2 Å². The SMILES string of the molecule is CCCCCCCCCCCCCC(C(=O)O)=C(CCCCS(=O)(=O)O)C(=O)O. The molecule has 0 aliphatic heterocycles. The van der Waals surface area contributed by atoms with E-state index in [9.17, 15) is 28.2 Å². The third kappa shape index (κ3) is 16.1. The molecule has 0 aromatic heterocycles. The van der Waals surface area contributed by atoms with E-state index in [2.05, 4.69) is 6.92 Å². The van der Waals surface area contributed by atoms with Crippen LogP contribution in [0.2, 0.25) is 0 Å². The van der Waals surface area contributed by atoms with E-state index in [-0.39, 0.29) is 36.8 Å². The lowest BCUT2D eigenvalue weighted by atomic mass is 9.97. The van der Waals surface area contributed by atoms with Crippen molar-refractivity contribution in [1.29, 1.82) is 0 Å². The van der Waals surface area contributed by atoms with Crippen molar-refractivity contribution in [3.63, 3.8) is 0 Å². The second kappa shape index (κ2) is 16.4. The van der Waals surface area contributed by atoms with Crippen LogP contribution in [0, 0.1) is 0 Å². The maximum absolute atomic E-state index is 11.5. The van der Waals surface area contributed by atoms with Gasteiger partial charge in [-0.05, 0) is 32.1 Å². The predicted octanol–water partition coefficient (Wildman–Crippen LogP) is 5.21. The summed E-state index contributed by atoms with van der Waals surface area (Å²) < 4.78 is 30.1. The molecule has 0 bridgehead atoms. The van der Waals surface area contributed by atoms with Crippen LogP contribution in [0.4, 0.5) is 0 Å². The zero-order chi connectivity index (χ0) is 22.1. The first-order valence-corrected chi connectivity index (χ1v) is 12.4. The van der Waals surface area contributed by atoms with Crippen molar-refractivity contribution in [2.75, 3.05) is 5.75 Å². The van der Waals surface area contributed by atoms with Gasteiger partial charge in [0, 0.05) is 11.1 Å². The molecular weight excluding hydrogens is 396 g/mol. The molecule has 0 unspecified atom stereocenters. The van der Waals surface area contributed by atoms with Gasteiger partial charge in [-0.1, -0.05) is 71.1 Å². The van der Waals surface area contributed by atoms with E-state index in [1.807, 2.05) is 0 Å². The minimum atomic E-state index is -4.09. The van der Waals surface area contributed by atoms with Gasteiger partial charge in [0.25, 0.3) is 10.1 Å². The van der Waals surface area contributed by atoms with Crippen LogP contribution in [-0.4, -0.2) is 40.9 Å². The number of hydrogen-bond donors (Lipinski definition) is 3. The molecule has 8 heteroatoms. The Hall–Kier alpha value is -1.41. The van der Waals surface area contributed by atoms with E-state index in [0.29, 0.717) is 6.42 Å². The molecule has 0 saturated carbocycles. The number of hydrogen-bond acceptors (Lipinski definition) is 4. The van der Waals surface area contributed by atoms with E-state index in [4.69, 9.17) is 4.55 Å². The summed E-state index contributed by atoms with van der Waals surface area (Å²) in [6, 6.07) is 0. The van der Waals surface area contributed by atoms with Gasteiger partial charge in [0.2, 0.25) is 0 Å². The predicted molar refractivity (Wildman–Crippen MR) is 114 cm³/mol. The van der Waals surface area contributed by atoms with Crippen LogP contribution >= 0.6 is 0 Å². The fourth-order valence-corrected chi connectivity index (χ4v) is 3.89. The summed E-state index contributed by atoms with van der Waals surface area (Å²) in [7, 11) is -4.09. The molecule has 0 atom stereocenters. The fourth-order valence-electron chi connectivity index (χ4n) is 3.33. The van der Waals surface area contributed by atoms with Gasteiger partial charge in [0.15, 0.2) is 0 Å². The molecule has 0 aliphatic carbocycles. The maximum atomic E-state index is 11.5. The van der Waals surface area contributed by atoms with Gasteiger partial charge >= 0.3 is 11.9 Å². The third-order valence-electron chi connectivity index (χ3n) is 4.99. The topological polar surface area (TPSA) is 129 Å². The third-order valence-corrected chi connectivity index (χ3v) is 5.79. The normalized spacial score (nSPS) is 12.6. The summed E-state index contributed by atoms with van der Waals surface area (Å²) in [5.41, 5.74) is -0.264. The molecule has 0 spiro atoms. The molecule has 0 aromatic rings. The zero-order valence-corrected chi connectivity index (χ0v) is 18.5. The Morgan fingerprint density at radius 1 is 0.621 bits per heavy atom. The monoisotopic (exact) mass is 434 g/mol. The zero-order valence-electron chi connectivity index (χ0n) is 17.7. The Balaban J connectivity index is 4.27. The van der Waals surface area contributed by atoms with Gasteiger partial charge in [-0.15, -0.1) is 0 Å². The van der Waals surface area contributed by atoms with Crippen LogP contribution < -0.4 is 0 Å². The first kappa shape index (κ1) is 27.6. The number of carboxylic acid groups (broad SMARTS) is 2. The van der Waals surface area contributed by atoms with Crippen molar-refractivity contribution >= 4 is 22.1 Å². The van der Waals surface area contributed by atoms with Crippen LogP contribution in [-0.2, 0) is 19.7 Å². The van der Waals surface area contributed by atoms with Gasteiger partial charge in [0.1, 0.15) is 0 Å². The number of rotatable bonds is 19. The van der Waals surface area contributed by atoms with Crippen molar-refractivity contribution in [3.05, 3.63) is 11.1 Å². The molecule has 0 rings (SSSR count). The van der Waals surface area contributed by atoms with E-state index >= 15 is 0 Å².